The van der Waals surface area contributed by atoms with E-state index < -0.39 is 0 Å². The van der Waals surface area contributed by atoms with Gasteiger partial charge in [-0.15, -0.1) is 5.10 Å². The van der Waals surface area contributed by atoms with Crippen molar-refractivity contribution in [2.75, 3.05) is 5.32 Å². The Kier molecular flexibility index (Phi) is 2.24. The van der Waals surface area contributed by atoms with Gasteiger partial charge in [0.05, 0.1) is 0 Å². The van der Waals surface area contributed by atoms with Crippen LogP contribution in [0.2, 0.25) is 0 Å². The second kappa shape index (κ2) is 3.56. The molecule has 0 saturated heterocycles. The number of amides is 1. The van der Waals surface area contributed by atoms with Crippen molar-refractivity contribution in [3.8, 4) is 0 Å². The first kappa shape index (κ1) is 9.45. The third kappa shape index (κ3) is 1.88. The molecule has 0 unspecified atom stereocenters. The lowest BCUT2D eigenvalue weighted by Gasteiger charge is -2.01. The maximum Gasteiger partial charge on any atom is 0.274 e. The maximum absolute atomic E-state index is 11.7. The highest BCUT2D eigenvalue weighted by Crippen LogP contribution is 2.04. The first-order valence-corrected chi connectivity index (χ1v) is 4.48. The second-order valence-electron chi connectivity index (χ2n) is 3.20. The van der Waals surface area contributed by atoms with E-state index in [1.807, 2.05) is 0 Å². The lowest BCUT2D eigenvalue weighted by atomic mass is 10.4. The normalized spacial score (nSPS) is 10.3. The molecule has 0 fully saturated rings. The van der Waals surface area contributed by atoms with E-state index in [-0.39, 0.29) is 5.91 Å². The number of nitrogens with one attached hydrogen (secondary N) is 2. The summed E-state index contributed by atoms with van der Waals surface area (Å²) in [6, 6.07) is 3.53. The predicted molar refractivity (Wildman–Crippen MR) is 54.5 cm³/mol. The summed E-state index contributed by atoms with van der Waals surface area (Å²) < 4.78 is 1.73. The Balaban J connectivity index is 2.14. The van der Waals surface area contributed by atoms with Crippen LogP contribution in [0.25, 0.3) is 0 Å². The van der Waals surface area contributed by atoms with Gasteiger partial charge in [-0.2, -0.15) is 4.98 Å². The van der Waals surface area contributed by atoms with Crippen LogP contribution in [-0.2, 0) is 7.05 Å². The molecule has 0 atom stereocenters. The molecule has 0 spiro atoms. The van der Waals surface area contributed by atoms with Crippen LogP contribution < -0.4 is 5.32 Å². The van der Waals surface area contributed by atoms with Crippen molar-refractivity contribution in [2.45, 2.75) is 6.92 Å². The molecule has 0 aliphatic rings. The molecule has 0 saturated carbocycles. The average molecular weight is 205 g/mol. The van der Waals surface area contributed by atoms with E-state index in [1.165, 1.54) is 0 Å². The number of H-pyrrole nitrogens is 1. The number of carbonyl (C=O) groups excluding carboxylic acids is 1. The third-order valence-electron chi connectivity index (χ3n) is 2.00. The zero-order chi connectivity index (χ0) is 10.8. The molecule has 6 nitrogen and oxygen atoms in total. The average Bonchev–Trinajstić information content (AvgIpc) is 2.75. The van der Waals surface area contributed by atoms with Gasteiger partial charge in [-0.3, -0.25) is 15.2 Å². The third-order valence-corrected chi connectivity index (χ3v) is 2.00. The van der Waals surface area contributed by atoms with Crippen molar-refractivity contribution in [3.05, 3.63) is 29.8 Å². The summed E-state index contributed by atoms with van der Waals surface area (Å²) >= 11 is 0. The Bertz CT molecular complexity index is 484. The minimum Gasteiger partial charge on any atom is -0.347 e. The summed E-state index contributed by atoms with van der Waals surface area (Å²) in [5.41, 5.74) is 0.567. The Hall–Kier alpha value is -2.11. The van der Waals surface area contributed by atoms with Crippen LogP contribution in [0.3, 0.4) is 0 Å². The fourth-order valence-corrected chi connectivity index (χ4v) is 1.26. The fraction of sp³-hybridized carbons (Fsp3) is 0.222. The molecule has 2 aromatic heterocycles. The number of aryl methyl sites for hydroxylation is 2. The number of hydrogen-bond acceptors (Lipinski definition) is 3. The van der Waals surface area contributed by atoms with Gasteiger partial charge in [0.25, 0.3) is 5.91 Å². The summed E-state index contributed by atoms with van der Waals surface area (Å²) in [6.07, 6.45) is 1.80. The van der Waals surface area contributed by atoms with Crippen molar-refractivity contribution in [1.82, 2.24) is 19.7 Å². The molecule has 0 bridgehead atoms. The minimum absolute atomic E-state index is 0.221. The highest BCUT2D eigenvalue weighted by molar-refractivity contribution is 6.02. The van der Waals surface area contributed by atoms with Crippen LogP contribution in [0.1, 0.15) is 16.3 Å². The lowest BCUT2D eigenvalue weighted by molar-refractivity contribution is 0.101. The van der Waals surface area contributed by atoms with Gasteiger partial charge in [0, 0.05) is 13.2 Å². The largest absolute Gasteiger partial charge is 0.347 e. The van der Waals surface area contributed by atoms with Gasteiger partial charge in [-0.25, -0.2) is 0 Å². The predicted octanol–water partition coefficient (Wildman–Crippen LogP) is 0.704. The molecule has 6 heteroatoms. The van der Waals surface area contributed by atoms with E-state index in [1.54, 1.807) is 36.9 Å². The zero-order valence-electron chi connectivity index (χ0n) is 8.48. The topological polar surface area (TPSA) is 75.6 Å². The summed E-state index contributed by atoms with van der Waals surface area (Å²) in [6.45, 7) is 1.77. The molecule has 0 aliphatic carbocycles. The van der Waals surface area contributed by atoms with E-state index in [2.05, 4.69) is 20.5 Å². The lowest BCUT2D eigenvalue weighted by Crippen LogP contribution is -2.16. The molecule has 2 heterocycles. The summed E-state index contributed by atoms with van der Waals surface area (Å²) in [7, 11) is 1.80. The van der Waals surface area contributed by atoms with Crippen LogP contribution in [0.15, 0.2) is 18.3 Å². The number of carbonyl (C=O) groups is 1. The van der Waals surface area contributed by atoms with E-state index >= 15 is 0 Å². The summed E-state index contributed by atoms with van der Waals surface area (Å²) in [5, 5.41) is 9.06. The Morgan fingerprint density at radius 3 is 2.93 bits per heavy atom. The Labute approximate surface area is 86.3 Å². The molecule has 2 aromatic rings. The van der Waals surface area contributed by atoms with Crippen LogP contribution in [0.5, 0.6) is 0 Å². The van der Waals surface area contributed by atoms with Crippen molar-refractivity contribution in [2.24, 2.45) is 7.05 Å². The van der Waals surface area contributed by atoms with Crippen LogP contribution in [0.4, 0.5) is 5.95 Å². The van der Waals surface area contributed by atoms with Crippen molar-refractivity contribution in [3.63, 3.8) is 0 Å². The fourth-order valence-electron chi connectivity index (χ4n) is 1.26. The minimum atomic E-state index is -0.221. The molecule has 2 rings (SSSR count). The first-order chi connectivity index (χ1) is 7.16. The van der Waals surface area contributed by atoms with Crippen molar-refractivity contribution < 1.29 is 4.79 Å². The molecule has 0 radical (unpaired) electrons. The Morgan fingerprint density at radius 2 is 2.40 bits per heavy atom. The summed E-state index contributed by atoms with van der Waals surface area (Å²) in [4.78, 5) is 15.7. The molecule has 0 aliphatic heterocycles. The van der Waals surface area contributed by atoms with Gasteiger partial charge in [-0.05, 0) is 19.1 Å². The maximum atomic E-state index is 11.7. The van der Waals surface area contributed by atoms with Gasteiger partial charge in [0.15, 0.2) is 0 Å². The van der Waals surface area contributed by atoms with Gasteiger partial charge in [0.1, 0.15) is 11.5 Å². The number of rotatable bonds is 2. The smallest absolute Gasteiger partial charge is 0.274 e. The number of aromatic nitrogens is 4. The molecular formula is C9H11N5O. The van der Waals surface area contributed by atoms with Gasteiger partial charge in [-0.1, -0.05) is 0 Å². The number of hydrogen-bond donors (Lipinski definition) is 2. The Morgan fingerprint density at radius 1 is 1.60 bits per heavy atom. The van der Waals surface area contributed by atoms with E-state index in [9.17, 15) is 4.79 Å². The van der Waals surface area contributed by atoms with Gasteiger partial charge >= 0.3 is 0 Å². The monoisotopic (exact) mass is 205 g/mol. The molecule has 1 amide bonds. The van der Waals surface area contributed by atoms with Gasteiger partial charge < -0.3 is 4.57 Å². The van der Waals surface area contributed by atoms with E-state index in [4.69, 9.17) is 0 Å². The first-order valence-electron chi connectivity index (χ1n) is 4.48. The van der Waals surface area contributed by atoms with Crippen molar-refractivity contribution >= 4 is 11.9 Å². The quantitative estimate of drug-likeness (QED) is 0.757. The highest BCUT2D eigenvalue weighted by atomic mass is 16.2. The van der Waals surface area contributed by atoms with Crippen molar-refractivity contribution in [1.29, 1.82) is 0 Å². The number of anilines is 1. The SMILES string of the molecule is Cc1nc(NC(=O)c2cccn2C)n[nH]1. The molecule has 15 heavy (non-hydrogen) atoms. The van der Waals surface area contributed by atoms with Crippen LogP contribution in [-0.4, -0.2) is 25.7 Å². The molecule has 0 aromatic carbocycles. The zero-order valence-corrected chi connectivity index (χ0v) is 8.48. The van der Waals surface area contributed by atoms with E-state index in [0.29, 0.717) is 17.5 Å². The molecular weight excluding hydrogens is 194 g/mol. The molecule has 78 valence electrons. The highest BCUT2D eigenvalue weighted by Gasteiger charge is 2.10. The van der Waals surface area contributed by atoms with Gasteiger partial charge in [0.2, 0.25) is 5.95 Å². The summed E-state index contributed by atoms with van der Waals surface area (Å²) in [5.74, 6) is 0.734. The van der Waals surface area contributed by atoms with Crippen LogP contribution in [0, 0.1) is 6.92 Å². The van der Waals surface area contributed by atoms with E-state index in [0.717, 1.165) is 0 Å². The second-order valence-corrected chi connectivity index (χ2v) is 3.20. The molecule has 2 N–H and O–H groups in total. The number of aromatic amines is 1. The number of nitrogens with zero attached hydrogens (tertiary/aromatic N) is 3. The standard InChI is InChI=1S/C9H11N5O/c1-6-10-9(13-12-6)11-8(15)7-4-3-5-14(7)2/h3-5H,1-2H3,(H2,10,11,12,13,15). The van der Waals surface area contributed by atoms with Crippen LogP contribution >= 0.6 is 0 Å².